The van der Waals surface area contributed by atoms with E-state index in [0.717, 1.165) is 0 Å². The first kappa shape index (κ1) is 15.0. The maximum atomic E-state index is 13.4. The highest BCUT2D eigenvalue weighted by atomic mass is 19.1. The molecule has 0 saturated carbocycles. The predicted molar refractivity (Wildman–Crippen MR) is 84.2 cm³/mol. The van der Waals surface area contributed by atoms with Crippen molar-refractivity contribution < 1.29 is 9.18 Å². The second kappa shape index (κ2) is 5.95. The van der Waals surface area contributed by atoms with Crippen molar-refractivity contribution in [3.05, 3.63) is 59.9 Å². The van der Waals surface area contributed by atoms with E-state index in [1.54, 1.807) is 12.1 Å². The molecule has 0 aliphatic heterocycles. The smallest absolute Gasteiger partial charge is 0.308 e. The number of amides is 2. The first-order valence-corrected chi connectivity index (χ1v) is 6.79. The summed E-state index contributed by atoms with van der Waals surface area (Å²) in [7, 11) is 0. The lowest BCUT2D eigenvalue weighted by molar-refractivity contribution is 0.262. The summed E-state index contributed by atoms with van der Waals surface area (Å²) in [6, 6.07) is 13.2. The third-order valence-electron chi connectivity index (χ3n) is 3.13. The number of hydrogen-bond donors (Lipinski definition) is 2. The van der Waals surface area contributed by atoms with Gasteiger partial charge in [-0.3, -0.25) is 0 Å². The molecule has 2 N–H and O–H groups in total. The average Bonchev–Trinajstić information content (AvgIpc) is 2.41. The number of halogens is 1. The molecule has 0 aliphatic carbocycles. The number of nitrogens with one attached hydrogen (secondary N) is 2. The molecular weight excluding hydrogens is 267 g/mol. The Kier molecular flexibility index (Phi) is 4.26. The van der Waals surface area contributed by atoms with E-state index >= 15 is 0 Å². The first-order chi connectivity index (χ1) is 9.86. The Morgan fingerprint density at radius 3 is 2.14 bits per heavy atom. The van der Waals surface area contributed by atoms with E-state index < -0.39 is 11.8 Å². The van der Waals surface area contributed by atoms with Gasteiger partial charge in [0.1, 0.15) is 5.82 Å². The summed E-state index contributed by atoms with van der Waals surface area (Å²) in [6.07, 6.45) is 0. The minimum absolute atomic E-state index is 0.0634. The molecule has 2 aromatic rings. The normalized spacial score (nSPS) is 11.0. The minimum Gasteiger partial charge on any atom is -0.308 e. The van der Waals surface area contributed by atoms with Crippen LogP contribution in [0.2, 0.25) is 0 Å². The van der Waals surface area contributed by atoms with Gasteiger partial charge in [-0.05, 0) is 35.2 Å². The van der Waals surface area contributed by atoms with Crippen LogP contribution in [-0.4, -0.2) is 6.03 Å². The van der Waals surface area contributed by atoms with Crippen LogP contribution >= 0.6 is 0 Å². The van der Waals surface area contributed by atoms with Crippen LogP contribution in [0.1, 0.15) is 26.3 Å². The van der Waals surface area contributed by atoms with E-state index in [2.05, 4.69) is 31.4 Å². The molecule has 4 heteroatoms. The molecule has 21 heavy (non-hydrogen) atoms. The van der Waals surface area contributed by atoms with Crippen molar-refractivity contribution in [1.82, 2.24) is 0 Å². The zero-order valence-corrected chi connectivity index (χ0v) is 12.4. The summed E-state index contributed by atoms with van der Waals surface area (Å²) >= 11 is 0. The number of urea groups is 1. The van der Waals surface area contributed by atoms with Crippen LogP contribution < -0.4 is 10.6 Å². The predicted octanol–water partition coefficient (Wildman–Crippen LogP) is 4.77. The molecule has 0 heterocycles. The molecule has 0 aliphatic rings. The highest BCUT2D eigenvalue weighted by molar-refractivity contribution is 5.99. The lowest BCUT2D eigenvalue weighted by Crippen LogP contribution is -2.20. The molecule has 0 atom stereocenters. The second-order valence-corrected chi connectivity index (χ2v) is 5.89. The van der Waals surface area contributed by atoms with Crippen molar-refractivity contribution in [2.75, 3.05) is 10.6 Å². The van der Waals surface area contributed by atoms with Gasteiger partial charge < -0.3 is 10.6 Å². The summed E-state index contributed by atoms with van der Waals surface area (Å²) in [6.45, 7) is 6.38. The Labute approximate surface area is 124 Å². The maximum absolute atomic E-state index is 13.4. The number of rotatable bonds is 2. The van der Waals surface area contributed by atoms with E-state index in [4.69, 9.17) is 0 Å². The Hall–Kier alpha value is -2.36. The van der Waals surface area contributed by atoms with Gasteiger partial charge in [-0.25, -0.2) is 9.18 Å². The fourth-order valence-corrected chi connectivity index (χ4v) is 1.90. The number of anilines is 2. The average molecular weight is 286 g/mol. The Bertz CT molecular complexity index is 630. The van der Waals surface area contributed by atoms with Gasteiger partial charge in [0.15, 0.2) is 0 Å². The summed E-state index contributed by atoms with van der Waals surface area (Å²) < 4.78 is 13.4. The molecule has 0 bridgehead atoms. The van der Waals surface area contributed by atoms with Gasteiger partial charge in [-0.1, -0.05) is 45.0 Å². The van der Waals surface area contributed by atoms with E-state index in [1.807, 2.05) is 24.3 Å². The quantitative estimate of drug-likeness (QED) is 0.820. The molecule has 2 aromatic carbocycles. The van der Waals surface area contributed by atoms with Gasteiger partial charge >= 0.3 is 6.03 Å². The molecule has 0 saturated heterocycles. The van der Waals surface area contributed by atoms with Gasteiger partial charge in [0.25, 0.3) is 0 Å². The molecule has 0 aromatic heterocycles. The van der Waals surface area contributed by atoms with Crippen LogP contribution in [0.3, 0.4) is 0 Å². The van der Waals surface area contributed by atoms with Gasteiger partial charge in [0.05, 0.1) is 5.69 Å². The molecule has 0 spiro atoms. The third-order valence-corrected chi connectivity index (χ3v) is 3.13. The molecular formula is C17H19FN2O. The van der Waals surface area contributed by atoms with Crippen molar-refractivity contribution in [3.8, 4) is 0 Å². The minimum atomic E-state index is -0.469. The SMILES string of the molecule is CC(C)(C)c1ccc(NC(=O)Nc2ccccc2F)cc1. The largest absolute Gasteiger partial charge is 0.323 e. The Morgan fingerprint density at radius 1 is 0.952 bits per heavy atom. The lowest BCUT2D eigenvalue weighted by atomic mass is 9.87. The molecule has 2 amide bonds. The van der Waals surface area contributed by atoms with E-state index in [0.29, 0.717) is 5.69 Å². The zero-order chi connectivity index (χ0) is 15.5. The molecule has 0 radical (unpaired) electrons. The summed E-state index contributed by atoms with van der Waals surface area (Å²) in [4.78, 5) is 11.8. The van der Waals surface area contributed by atoms with Crippen molar-refractivity contribution in [2.45, 2.75) is 26.2 Å². The van der Waals surface area contributed by atoms with Gasteiger partial charge in [-0.15, -0.1) is 0 Å². The Morgan fingerprint density at radius 2 is 1.57 bits per heavy atom. The topological polar surface area (TPSA) is 41.1 Å². The number of carbonyl (C=O) groups excluding carboxylic acids is 1. The molecule has 110 valence electrons. The van der Waals surface area contributed by atoms with Crippen LogP contribution in [0.5, 0.6) is 0 Å². The number of benzene rings is 2. The highest BCUT2D eigenvalue weighted by Crippen LogP contribution is 2.23. The summed E-state index contributed by atoms with van der Waals surface area (Å²) in [5.41, 5.74) is 2.06. The van der Waals surface area contributed by atoms with Crippen molar-refractivity contribution in [1.29, 1.82) is 0 Å². The van der Waals surface area contributed by atoms with Gasteiger partial charge in [-0.2, -0.15) is 0 Å². The standard InChI is InChI=1S/C17H19FN2O/c1-17(2,3)12-8-10-13(11-9-12)19-16(21)20-15-7-5-4-6-14(15)18/h4-11H,1-3H3,(H2,19,20,21). The number of carbonyl (C=O) groups is 1. The van der Waals surface area contributed by atoms with Crippen LogP contribution in [0.25, 0.3) is 0 Å². The maximum Gasteiger partial charge on any atom is 0.323 e. The fraction of sp³-hybridized carbons (Fsp3) is 0.235. The van der Waals surface area contributed by atoms with E-state index in [1.165, 1.54) is 17.7 Å². The lowest BCUT2D eigenvalue weighted by Gasteiger charge is -2.19. The van der Waals surface area contributed by atoms with Crippen molar-refractivity contribution >= 4 is 17.4 Å². The van der Waals surface area contributed by atoms with Crippen LogP contribution in [0.4, 0.5) is 20.6 Å². The fourth-order valence-electron chi connectivity index (χ4n) is 1.90. The van der Waals surface area contributed by atoms with E-state index in [-0.39, 0.29) is 11.1 Å². The van der Waals surface area contributed by atoms with Crippen molar-refractivity contribution in [2.24, 2.45) is 0 Å². The Balaban J connectivity index is 2.02. The summed E-state index contributed by atoms with van der Waals surface area (Å²) in [5, 5.41) is 5.16. The number of hydrogen-bond acceptors (Lipinski definition) is 1. The number of para-hydroxylation sites is 1. The molecule has 2 rings (SSSR count). The van der Waals surface area contributed by atoms with Crippen LogP contribution in [0, 0.1) is 5.82 Å². The monoisotopic (exact) mass is 286 g/mol. The van der Waals surface area contributed by atoms with E-state index in [9.17, 15) is 9.18 Å². The first-order valence-electron chi connectivity index (χ1n) is 6.79. The summed E-state index contributed by atoms with van der Waals surface area (Å²) in [5.74, 6) is -0.462. The second-order valence-electron chi connectivity index (χ2n) is 5.89. The van der Waals surface area contributed by atoms with Crippen molar-refractivity contribution in [3.63, 3.8) is 0 Å². The molecule has 0 unspecified atom stereocenters. The molecule has 3 nitrogen and oxygen atoms in total. The molecule has 0 fully saturated rings. The van der Waals surface area contributed by atoms with Gasteiger partial charge in [0.2, 0.25) is 0 Å². The zero-order valence-electron chi connectivity index (χ0n) is 12.4. The van der Waals surface area contributed by atoms with Gasteiger partial charge in [0, 0.05) is 5.69 Å². The third kappa shape index (κ3) is 4.05. The highest BCUT2D eigenvalue weighted by Gasteiger charge is 2.13. The van der Waals surface area contributed by atoms with Crippen LogP contribution in [0.15, 0.2) is 48.5 Å². The van der Waals surface area contributed by atoms with Crippen LogP contribution in [-0.2, 0) is 5.41 Å².